The molecule has 0 saturated carbocycles. The fourth-order valence-corrected chi connectivity index (χ4v) is 3.87. The second kappa shape index (κ2) is 6.37. The Labute approximate surface area is 130 Å². The van der Waals surface area contributed by atoms with E-state index >= 15 is 0 Å². The maximum absolute atomic E-state index is 11.0. The number of hydrogen-bond acceptors (Lipinski definition) is 3. The van der Waals surface area contributed by atoms with E-state index < -0.39 is 7.60 Å². The molecule has 1 aromatic carbocycles. The van der Waals surface area contributed by atoms with E-state index in [1.165, 1.54) is 11.1 Å². The van der Waals surface area contributed by atoms with Crippen LogP contribution in [0.5, 0.6) is 0 Å². The van der Waals surface area contributed by atoms with Crippen LogP contribution in [-0.2, 0) is 4.57 Å². The first kappa shape index (κ1) is 15.5. The lowest BCUT2D eigenvalue weighted by atomic mass is 9.94. The Hall–Kier alpha value is -1.42. The van der Waals surface area contributed by atoms with Gasteiger partial charge in [-0.25, -0.2) is 0 Å². The summed E-state index contributed by atoms with van der Waals surface area (Å²) in [5.41, 5.74) is 2.21. The van der Waals surface area contributed by atoms with Crippen molar-refractivity contribution in [3.63, 3.8) is 0 Å². The molecule has 0 spiro atoms. The Balaban J connectivity index is 1.67. The van der Waals surface area contributed by atoms with Gasteiger partial charge in [0, 0.05) is 30.4 Å². The number of para-hydroxylation sites is 1. The molecule has 6 heteroatoms. The SMILES string of the molecule is O=P(O)(O)CCC1CCN(c2ccnc3ccccc23)CC1. The van der Waals surface area contributed by atoms with Gasteiger partial charge in [-0.1, -0.05) is 18.2 Å². The number of piperidine rings is 1. The first-order chi connectivity index (χ1) is 10.5. The smallest absolute Gasteiger partial charge is 0.325 e. The van der Waals surface area contributed by atoms with Crippen molar-refractivity contribution in [1.29, 1.82) is 0 Å². The summed E-state index contributed by atoms with van der Waals surface area (Å²) in [7, 11) is -3.86. The molecule has 2 aromatic rings. The van der Waals surface area contributed by atoms with Crippen molar-refractivity contribution in [2.24, 2.45) is 5.92 Å². The largest absolute Gasteiger partial charge is 0.371 e. The number of nitrogens with zero attached hydrogens (tertiary/aromatic N) is 2. The predicted octanol–water partition coefficient (Wildman–Crippen LogP) is 3.02. The van der Waals surface area contributed by atoms with Crippen LogP contribution in [0.25, 0.3) is 10.9 Å². The molecule has 0 amide bonds. The zero-order valence-electron chi connectivity index (χ0n) is 12.4. The number of pyridine rings is 1. The molecule has 22 heavy (non-hydrogen) atoms. The highest BCUT2D eigenvalue weighted by Crippen LogP contribution is 2.38. The van der Waals surface area contributed by atoms with Crippen LogP contribution in [0.1, 0.15) is 19.3 Å². The second-order valence-electron chi connectivity index (χ2n) is 5.95. The third-order valence-corrected chi connectivity index (χ3v) is 5.25. The molecule has 0 aliphatic carbocycles. The minimum Gasteiger partial charge on any atom is -0.371 e. The van der Waals surface area contributed by atoms with E-state index in [-0.39, 0.29) is 6.16 Å². The maximum atomic E-state index is 11.0. The third kappa shape index (κ3) is 3.67. The van der Waals surface area contributed by atoms with E-state index in [2.05, 4.69) is 22.0 Å². The van der Waals surface area contributed by atoms with Gasteiger partial charge in [-0.15, -0.1) is 0 Å². The Morgan fingerprint density at radius 3 is 2.64 bits per heavy atom. The molecule has 1 aliphatic heterocycles. The van der Waals surface area contributed by atoms with Gasteiger partial charge in [-0.3, -0.25) is 9.55 Å². The van der Waals surface area contributed by atoms with Gasteiger partial charge in [0.05, 0.1) is 11.7 Å². The number of benzene rings is 1. The minimum absolute atomic E-state index is 0.00978. The predicted molar refractivity (Wildman–Crippen MR) is 88.2 cm³/mol. The van der Waals surface area contributed by atoms with Gasteiger partial charge < -0.3 is 14.7 Å². The summed E-state index contributed by atoms with van der Waals surface area (Å²) in [6, 6.07) is 10.2. The van der Waals surface area contributed by atoms with Gasteiger partial charge in [-0.2, -0.15) is 0 Å². The lowest BCUT2D eigenvalue weighted by molar-refractivity contribution is 0.350. The van der Waals surface area contributed by atoms with Crippen LogP contribution in [0.2, 0.25) is 0 Å². The van der Waals surface area contributed by atoms with Crippen molar-refractivity contribution < 1.29 is 14.4 Å². The van der Waals surface area contributed by atoms with Gasteiger partial charge in [0.15, 0.2) is 0 Å². The zero-order valence-corrected chi connectivity index (χ0v) is 13.3. The second-order valence-corrected chi connectivity index (χ2v) is 7.73. The van der Waals surface area contributed by atoms with Crippen LogP contribution in [0.15, 0.2) is 36.5 Å². The Kier molecular flexibility index (Phi) is 4.48. The van der Waals surface area contributed by atoms with Crippen molar-refractivity contribution in [2.45, 2.75) is 19.3 Å². The maximum Gasteiger partial charge on any atom is 0.325 e. The molecular weight excluding hydrogens is 299 g/mol. The molecule has 5 nitrogen and oxygen atoms in total. The van der Waals surface area contributed by atoms with Crippen LogP contribution in [0.4, 0.5) is 5.69 Å². The monoisotopic (exact) mass is 320 g/mol. The van der Waals surface area contributed by atoms with Gasteiger partial charge in [0.2, 0.25) is 0 Å². The highest BCUT2D eigenvalue weighted by molar-refractivity contribution is 7.51. The summed E-state index contributed by atoms with van der Waals surface area (Å²) in [4.78, 5) is 24.7. The molecule has 118 valence electrons. The van der Waals surface area contributed by atoms with Crippen molar-refractivity contribution >= 4 is 24.2 Å². The molecule has 2 heterocycles. The van der Waals surface area contributed by atoms with E-state index in [0.717, 1.165) is 31.4 Å². The molecule has 0 unspecified atom stereocenters. The van der Waals surface area contributed by atoms with Gasteiger partial charge >= 0.3 is 7.60 Å². The van der Waals surface area contributed by atoms with Gasteiger partial charge in [0.1, 0.15) is 0 Å². The number of rotatable bonds is 4. The zero-order chi connectivity index (χ0) is 15.6. The molecule has 1 aliphatic rings. The molecule has 1 saturated heterocycles. The molecule has 0 radical (unpaired) electrons. The molecule has 1 fully saturated rings. The van der Waals surface area contributed by atoms with Crippen LogP contribution in [0, 0.1) is 5.92 Å². The highest BCUT2D eigenvalue weighted by Gasteiger charge is 2.23. The normalized spacial score (nSPS) is 17.1. The average molecular weight is 320 g/mol. The summed E-state index contributed by atoms with van der Waals surface area (Å²) >= 11 is 0. The van der Waals surface area contributed by atoms with Crippen LogP contribution < -0.4 is 4.90 Å². The summed E-state index contributed by atoms with van der Waals surface area (Å²) < 4.78 is 11.0. The first-order valence-corrected chi connectivity index (χ1v) is 9.46. The van der Waals surface area contributed by atoms with Crippen molar-refractivity contribution in [1.82, 2.24) is 4.98 Å². The number of hydrogen-bond donors (Lipinski definition) is 2. The topological polar surface area (TPSA) is 73.7 Å². The van der Waals surface area contributed by atoms with E-state index in [4.69, 9.17) is 9.79 Å². The number of aromatic nitrogens is 1. The third-order valence-electron chi connectivity index (χ3n) is 4.41. The van der Waals surface area contributed by atoms with Crippen LogP contribution >= 0.6 is 7.60 Å². The molecule has 3 rings (SSSR count). The van der Waals surface area contributed by atoms with Gasteiger partial charge in [-0.05, 0) is 37.3 Å². The summed E-state index contributed by atoms with van der Waals surface area (Å²) in [6.45, 7) is 1.86. The fraction of sp³-hybridized carbons (Fsp3) is 0.438. The number of fused-ring (bicyclic) bond motifs is 1. The van der Waals surface area contributed by atoms with Crippen molar-refractivity contribution in [3.05, 3.63) is 36.5 Å². The molecule has 0 atom stereocenters. The average Bonchev–Trinajstić information content (AvgIpc) is 2.52. The van der Waals surface area contributed by atoms with E-state index in [9.17, 15) is 4.57 Å². The minimum atomic E-state index is -3.86. The lowest BCUT2D eigenvalue weighted by Crippen LogP contribution is -2.34. The van der Waals surface area contributed by atoms with E-state index in [1.54, 1.807) is 0 Å². The molecule has 2 N–H and O–H groups in total. The summed E-state index contributed by atoms with van der Waals surface area (Å²) in [6.07, 6.45) is 4.44. The van der Waals surface area contributed by atoms with E-state index in [0.29, 0.717) is 12.3 Å². The number of anilines is 1. The molecule has 1 aromatic heterocycles. The van der Waals surface area contributed by atoms with Crippen LogP contribution in [-0.4, -0.2) is 34.0 Å². The molecule has 0 bridgehead atoms. The van der Waals surface area contributed by atoms with Gasteiger partial charge in [0.25, 0.3) is 0 Å². The molecular formula is C16H21N2O3P. The van der Waals surface area contributed by atoms with E-state index in [1.807, 2.05) is 24.4 Å². The lowest BCUT2D eigenvalue weighted by Gasteiger charge is -2.34. The quantitative estimate of drug-likeness (QED) is 0.847. The van der Waals surface area contributed by atoms with Crippen molar-refractivity contribution in [3.8, 4) is 0 Å². The fourth-order valence-electron chi connectivity index (χ4n) is 3.17. The summed E-state index contributed by atoms with van der Waals surface area (Å²) in [5, 5.41) is 1.17. The first-order valence-electron chi connectivity index (χ1n) is 7.66. The Morgan fingerprint density at radius 1 is 1.18 bits per heavy atom. The highest BCUT2D eigenvalue weighted by atomic mass is 31.2. The summed E-state index contributed by atoms with van der Waals surface area (Å²) in [5.74, 6) is 0.414. The Morgan fingerprint density at radius 2 is 1.91 bits per heavy atom. The Bertz CT molecular complexity index is 687. The van der Waals surface area contributed by atoms with Crippen LogP contribution in [0.3, 0.4) is 0 Å². The van der Waals surface area contributed by atoms with Crippen molar-refractivity contribution in [2.75, 3.05) is 24.2 Å². The standard InChI is InChI=1S/C16H21N2O3P/c19-22(20,21)12-8-13-6-10-18(11-7-13)16-5-9-17-15-4-2-1-3-14(15)16/h1-5,9,13H,6-8,10-12H2,(H2,19,20,21).